The third-order valence-electron chi connectivity index (χ3n) is 2.84. The van der Waals surface area contributed by atoms with Crippen LogP contribution >= 0.6 is 0 Å². The molecule has 0 aliphatic heterocycles. The molecule has 0 heterocycles. The number of benzene rings is 1. The Morgan fingerprint density at radius 2 is 1.74 bits per heavy atom. The molecule has 0 aromatic heterocycles. The molecule has 1 aliphatic carbocycles. The summed E-state index contributed by atoms with van der Waals surface area (Å²) >= 11 is 0. The lowest BCUT2D eigenvalue weighted by molar-refractivity contribution is -0.517. The molecule has 0 bridgehead atoms. The monoisotopic (exact) mass is 265 g/mol. The van der Waals surface area contributed by atoms with Gasteiger partial charge < -0.3 is 0 Å². The van der Waals surface area contributed by atoms with Crippen molar-refractivity contribution < 1.29 is 14.8 Å². The van der Waals surface area contributed by atoms with Gasteiger partial charge in [-0.05, 0) is 18.1 Å². The van der Waals surface area contributed by atoms with E-state index in [0.29, 0.717) is 5.56 Å². The standard InChI is InChI=1S/C10H7N3O6/c14-11(15)7-3-1-2-6-4-5-8(12(16)17)10(9(6)7)13(18)19/h1,3-5,7H,2H2. The van der Waals surface area contributed by atoms with Crippen molar-refractivity contribution in [2.45, 2.75) is 12.5 Å². The molecule has 1 unspecified atom stereocenters. The highest BCUT2D eigenvalue weighted by Crippen LogP contribution is 2.40. The second-order valence-corrected chi connectivity index (χ2v) is 3.88. The van der Waals surface area contributed by atoms with Crippen molar-refractivity contribution in [3.63, 3.8) is 0 Å². The van der Waals surface area contributed by atoms with E-state index >= 15 is 0 Å². The maximum atomic E-state index is 11.0. The van der Waals surface area contributed by atoms with Gasteiger partial charge in [-0.2, -0.15) is 0 Å². The van der Waals surface area contributed by atoms with Gasteiger partial charge in [0, 0.05) is 11.0 Å². The average Bonchev–Trinajstić information content (AvgIpc) is 2.35. The number of hydrogen-bond donors (Lipinski definition) is 0. The zero-order valence-corrected chi connectivity index (χ0v) is 9.38. The number of rotatable bonds is 3. The molecule has 0 radical (unpaired) electrons. The third kappa shape index (κ3) is 2.01. The van der Waals surface area contributed by atoms with Gasteiger partial charge in [0.25, 0.3) is 6.04 Å². The number of nitro benzene ring substituents is 2. The fourth-order valence-corrected chi connectivity index (χ4v) is 2.08. The lowest BCUT2D eigenvalue weighted by Gasteiger charge is -2.14. The van der Waals surface area contributed by atoms with Gasteiger partial charge in [-0.3, -0.25) is 30.3 Å². The van der Waals surface area contributed by atoms with E-state index < -0.39 is 32.2 Å². The van der Waals surface area contributed by atoms with Crippen LogP contribution < -0.4 is 0 Å². The molecule has 0 N–H and O–H groups in total. The highest BCUT2D eigenvalue weighted by atomic mass is 16.6. The third-order valence-corrected chi connectivity index (χ3v) is 2.84. The van der Waals surface area contributed by atoms with E-state index in [-0.39, 0.29) is 12.0 Å². The smallest absolute Gasteiger partial charge is 0.264 e. The largest absolute Gasteiger partial charge is 0.356 e. The van der Waals surface area contributed by atoms with Gasteiger partial charge in [0.15, 0.2) is 0 Å². The number of allylic oxidation sites excluding steroid dienone is 1. The number of nitrogens with zero attached hydrogens (tertiary/aromatic N) is 3. The minimum Gasteiger partial charge on any atom is -0.264 e. The van der Waals surface area contributed by atoms with Crippen LogP contribution in [0.4, 0.5) is 11.4 Å². The van der Waals surface area contributed by atoms with Crippen LogP contribution in [0.5, 0.6) is 0 Å². The van der Waals surface area contributed by atoms with Crippen LogP contribution in [0.1, 0.15) is 17.2 Å². The summed E-state index contributed by atoms with van der Waals surface area (Å²) in [6.07, 6.45) is 3.00. The van der Waals surface area contributed by atoms with Gasteiger partial charge in [-0.15, -0.1) is 0 Å². The summed E-state index contributed by atoms with van der Waals surface area (Å²) in [6, 6.07) is 0.900. The molecular weight excluding hydrogens is 258 g/mol. The first-order valence-corrected chi connectivity index (χ1v) is 5.18. The van der Waals surface area contributed by atoms with Crippen LogP contribution in [0.15, 0.2) is 24.3 Å². The molecule has 1 aromatic carbocycles. The number of hydrogen-bond acceptors (Lipinski definition) is 6. The Labute approximate surface area is 105 Å². The summed E-state index contributed by atoms with van der Waals surface area (Å²) in [4.78, 5) is 30.2. The Bertz CT molecular complexity index is 624. The molecule has 1 aromatic rings. The lowest BCUT2D eigenvalue weighted by atomic mass is 9.91. The molecule has 0 fully saturated rings. The molecule has 19 heavy (non-hydrogen) atoms. The first-order valence-electron chi connectivity index (χ1n) is 5.18. The Kier molecular flexibility index (Phi) is 2.95. The Balaban J connectivity index is 2.78. The normalized spacial score (nSPS) is 16.7. The van der Waals surface area contributed by atoms with Crippen molar-refractivity contribution in [2.75, 3.05) is 0 Å². The Hall–Kier alpha value is -2.84. The van der Waals surface area contributed by atoms with E-state index in [0.717, 1.165) is 6.07 Å². The van der Waals surface area contributed by atoms with Gasteiger partial charge in [0.1, 0.15) is 5.56 Å². The van der Waals surface area contributed by atoms with Gasteiger partial charge in [0.2, 0.25) is 0 Å². The minimum absolute atomic E-state index is 0.202. The molecule has 0 saturated carbocycles. The van der Waals surface area contributed by atoms with E-state index in [1.54, 1.807) is 0 Å². The summed E-state index contributed by atoms with van der Waals surface area (Å²) in [5, 5.41) is 32.8. The molecule has 9 heteroatoms. The number of fused-ring (bicyclic) bond motifs is 1. The zero-order valence-electron chi connectivity index (χ0n) is 9.38. The first kappa shape index (κ1) is 12.6. The molecule has 0 spiro atoms. The van der Waals surface area contributed by atoms with Gasteiger partial charge in [-0.1, -0.05) is 12.1 Å². The van der Waals surface area contributed by atoms with Crippen LogP contribution in [-0.2, 0) is 6.42 Å². The second-order valence-electron chi connectivity index (χ2n) is 3.88. The van der Waals surface area contributed by atoms with E-state index in [2.05, 4.69) is 0 Å². The first-order chi connectivity index (χ1) is 8.93. The molecule has 0 saturated heterocycles. The summed E-state index contributed by atoms with van der Waals surface area (Å²) in [7, 11) is 0. The number of nitro groups is 3. The zero-order chi connectivity index (χ0) is 14.2. The van der Waals surface area contributed by atoms with E-state index in [9.17, 15) is 30.3 Å². The fourth-order valence-electron chi connectivity index (χ4n) is 2.08. The summed E-state index contributed by atoms with van der Waals surface area (Å²) in [5.74, 6) is 0. The molecule has 1 atom stereocenters. The van der Waals surface area contributed by atoms with E-state index in [4.69, 9.17) is 0 Å². The van der Waals surface area contributed by atoms with Crippen LogP contribution in [0.2, 0.25) is 0 Å². The van der Waals surface area contributed by atoms with Crippen molar-refractivity contribution in [1.82, 2.24) is 0 Å². The van der Waals surface area contributed by atoms with Crippen molar-refractivity contribution >= 4 is 11.4 Å². The molecule has 1 aliphatic rings. The van der Waals surface area contributed by atoms with Crippen LogP contribution in [0.25, 0.3) is 0 Å². The molecule has 2 rings (SSSR count). The maximum absolute atomic E-state index is 11.0. The van der Waals surface area contributed by atoms with Crippen molar-refractivity contribution in [1.29, 1.82) is 0 Å². The Morgan fingerprint density at radius 1 is 1.05 bits per heavy atom. The summed E-state index contributed by atoms with van der Waals surface area (Å²) in [5.41, 5.74) is -1.37. The van der Waals surface area contributed by atoms with Crippen LogP contribution in [-0.4, -0.2) is 14.8 Å². The van der Waals surface area contributed by atoms with Crippen LogP contribution in [0, 0.1) is 30.3 Å². The second kappa shape index (κ2) is 4.44. The van der Waals surface area contributed by atoms with Crippen LogP contribution in [0.3, 0.4) is 0 Å². The summed E-state index contributed by atoms with van der Waals surface area (Å²) in [6.45, 7) is 0. The average molecular weight is 265 g/mol. The lowest BCUT2D eigenvalue weighted by Crippen LogP contribution is -2.16. The topological polar surface area (TPSA) is 129 Å². The maximum Gasteiger partial charge on any atom is 0.356 e. The predicted octanol–water partition coefficient (Wildman–Crippen LogP) is 1.93. The Morgan fingerprint density at radius 3 is 2.26 bits per heavy atom. The SMILES string of the molecule is O=[N+]([O-])c1ccc2c(c1[N+](=O)[O-])C([N+](=O)[O-])C=CC2. The minimum atomic E-state index is -1.43. The molecular formula is C10H7N3O6. The highest BCUT2D eigenvalue weighted by Gasteiger charge is 2.39. The van der Waals surface area contributed by atoms with Crippen molar-refractivity contribution in [3.8, 4) is 0 Å². The molecule has 0 amide bonds. The molecule has 98 valence electrons. The van der Waals surface area contributed by atoms with Crippen molar-refractivity contribution in [2.24, 2.45) is 0 Å². The van der Waals surface area contributed by atoms with Gasteiger partial charge >= 0.3 is 11.4 Å². The fraction of sp³-hybridized carbons (Fsp3) is 0.200. The summed E-state index contributed by atoms with van der Waals surface area (Å²) < 4.78 is 0. The molecule has 9 nitrogen and oxygen atoms in total. The van der Waals surface area contributed by atoms with Crippen molar-refractivity contribution in [3.05, 3.63) is 65.8 Å². The highest BCUT2D eigenvalue weighted by molar-refractivity contribution is 5.63. The van der Waals surface area contributed by atoms with Gasteiger partial charge in [0.05, 0.1) is 9.85 Å². The predicted molar refractivity (Wildman–Crippen MR) is 62.3 cm³/mol. The quantitative estimate of drug-likeness (QED) is 0.466. The van der Waals surface area contributed by atoms with E-state index in [1.165, 1.54) is 18.2 Å². The van der Waals surface area contributed by atoms with Gasteiger partial charge in [-0.25, -0.2) is 0 Å². The van der Waals surface area contributed by atoms with E-state index in [1.807, 2.05) is 0 Å².